The fraction of sp³-hybridized carbons (Fsp3) is 0.511. The Kier molecular flexibility index (Phi) is 10.6. The van der Waals surface area contributed by atoms with Crippen LogP contribution in [0.15, 0.2) is 48.7 Å². The minimum atomic E-state index is -0.706. The van der Waals surface area contributed by atoms with Gasteiger partial charge in [-0.25, -0.2) is 14.8 Å². The number of benzene rings is 3. The third-order valence-corrected chi connectivity index (χ3v) is 13.4. The number of imidazole rings is 2. The quantitative estimate of drug-likeness (QED) is 0.141. The van der Waals surface area contributed by atoms with Gasteiger partial charge >= 0.3 is 6.09 Å². The molecule has 3 N–H and O–H groups in total. The van der Waals surface area contributed by atoms with Crippen molar-refractivity contribution >= 4 is 39.7 Å². The molecule has 0 spiro atoms. The molecule has 2 aromatic heterocycles. The largest absolute Gasteiger partial charge is 0.488 e. The molecule has 5 aromatic rings. The Bertz CT molecular complexity index is 2450. The van der Waals surface area contributed by atoms with Crippen molar-refractivity contribution in [2.24, 2.45) is 11.8 Å². The van der Waals surface area contributed by atoms with E-state index < -0.39 is 12.1 Å². The van der Waals surface area contributed by atoms with Crippen LogP contribution in [0, 0.1) is 11.8 Å². The van der Waals surface area contributed by atoms with E-state index in [1.54, 1.807) is 0 Å². The van der Waals surface area contributed by atoms with Gasteiger partial charge in [0.05, 0.1) is 54.3 Å². The van der Waals surface area contributed by atoms with Crippen molar-refractivity contribution in [1.82, 2.24) is 35.1 Å². The highest BCUT2D eigenvalue weighted by Gasteiger charge is 2.42. The van der Waals surface area contributed by atoms with Crippen LogP contribution < -0.4 is 10.1 Å². The van der Waals surface area contributed by atoms with E-state index in [9.17, 15) is 14.4 Å². The molecule has 0 radical (unpaired) electrons. The lowest BCUT2D eigenvalue weighted by Crippen LogP contribution is -2.52. The van der Waals surface area contributed by atoms with Crippen molar-refractivity contribution in [3.05, 3.63) is 65.9 Å². The van der Waals surface area contributed by atoms with Gasteiger partial charge in [-0.05, 0) is 124 Å². The van der Waals surface area contributed by atoms with E-state index in [2.05, 4.69) is 83.4 Å². The van der Waals surface area contributed by atoms with Crippen LogP contribution in [0.1, 0.15) is 116 Å². The second-order valence-corrected chi connectivity index (χ2v) is 18.1. The number of amides is 3. The molecule has 3 amide bonds. The predicted molar refractivity (Wildman–Crippen MR) is 229 cm³/mol. The first-order chi connectivity index (χ1) is 28.9. The number of methoxy groups -OCH3 is 1. The Hall–Kier alpha value is -5.43. The Morgan fingerprint density at radius 2 is 1.62 bits per heavy atom. The summed E-state index contributed by atoms with van der Waals surface area (Å²) in [6, 6.07) is 14.1. The molecule has 3 unspecified atom stereocenters. The molecule has 3 aromatic carbocycles. The van der Waals surface area contributed by atoms with Gasteiger partial charge in [0.1, 0.15) is 30.0 Å². The van der Waals surface area contributed by atoms with Gasteiger partial charge in [0, 0.05) is 29.5 Å². The van der Waals surface area contributed by atoms with Crippen LogP contribution in [0.25, 0.3) is 44.2 Å². The lowest BCUT2D eigenvalue weighted by molar-refractivity contribution is -0.138. The summed E-state index contributed by atoms with van der Waals surface area (Å²) in [6.45, 7) is 12.7. The molecule has 4 aliphatic heterocycles. The Labute approximate surface area is 350 Å². The second kappa shape index (κ2) is 15.9. The molecule has 6 heterocycles. The maximum absolute atomic E-state index is 13.9. The molecule has 0 bridgehead atoms. The fourth-order valence-corrected chi connectivity index (χ4v) is 10.5. The number of H-pyrrole nitrogens is 2. The summed E-state index contributed by atoms with van der Waals surface area (Å²) < 4.78 is 17.2. The van der Waals surface area contributed by atoms with Gasteiger partial charge in [-0.1, -0.05) is 32.0 Å². The average molecular weight is 816 g/mol. The summed E-state index contributed by atoms with van der Waals surface area (Å²) in [4.78, 5) is 60.9. The topological polar surface area (TPSA) is 155 Å². The van der Waals surface area contributed by atoms with E-state index in [1.165, 1.54) is 7.11 Å². The normalized spacial score (nSPS) is 25.6. The van der Waals surface area contributed by atoms with E-state index >= 15 is 0 Å². The van der Waals surface area contributed by atoms with Crippen LogP contribution in [0.5, 0.6) is 5.75 Å². The molecule has 13 nitrogen and oxygen atoms in total. The standard InChI is InChI=1S/C47H57N7O6/c1-24(2)42(52-47(57)58-7)46(56)54-26(4)9-14-38(54)44-48-22-37(50-44)31-10-12-33-32(19-31)23-59-40-21-34-30(20-35(33)40)11-13-36-43(34)51-45(49-36)39-15-8-25(3)53(39)41(55)18-29-16-27(5)60-28(6)17-29/h10-13,19-22,24-29,38-39,42H,8-9,14-18,23H2,1-7H3,(H,48,50)(H,49,51)(H,52,57)/t25-,26-,27+,28?,29?,38-,39-,42?/m0/s1. The Morgan fingerprint density at radius 1 is 0.883 bits per heavy atom. The lowest BCUT2D eigenvalue weighted by Gasteiger charge is -2.34. The zero-order valence-electron chi connectivity index (χ0n) is 35.7. The highest BCUT2D eigenvalue weighted by Crippen LogP contribution is 2.44. The molecular weight excluding hydrogens is 759 g/mol. The molecule has 4 aliphatic rings. The number of likely N-dealkylation sites (tertiary alicyclic amines) is 2. The van der Waals surface area contributed by atoms with Crippen molar-refractivity contribution in [3.63, 3.8) is 0 Å². The van der Waals surface area contributed by atoms with Gasteiger partial charge in [-0.3, -0.25) is 9.59 Å². The number of ether oxygens (including phenoxy) is 3. The van der Waals surface area contributed by atoms with E-state index in [1.807, 2.05) is 31.9 Å². The number of hydrogen-bond acceptors (Lipinski definition) is 8. The van der Waals surface area contributed by atoms with Gasteiger partial charge < -0.3 is 39.3 Å². The summed E-state index contributed by atoms with van der Waals surface area (Å²) in [7, 11) is 1.30. The molecule has 9 rings (SSSR count). The first-order valence-electron chi connectivity index (χ1n) is 21.8. The molecule has 0 aliphatic carbocycles. The summed E-state index contributed by atoms with van der Waals surface area (Å²) in [5.74, 6) is 2.68. The number of carbonyl (C=O) groups is 3. The first-order valence-corrected chi connectivity index (χ1v) is 21.8. The molecular formula is C47H57N7O6. The van der Waals surface area contributed by atoms with Gasteiger partial charge in [-0.2, -0.15) is 0 Å². The molecule has 316 valence electrons. The monoisotopic (exact) mass is 815 g/mol. The molecule has 3 fully saturated rings. The van der Waals surface area contributed by atoms with Crippen molar-refractivity contribution in [1.29, 1.82) is 0 Å². The summed E-state index contributed by atoms with van der Waals surface area (Å²) in [5.41, 5.74) is 6.90. The third-order valence-electron chi connectivity index (χ3n) is 13.4. The van der Waals surface area contributed by atoms with Crippen molar-refractivity contribution in [3.8, 4) is 28.1 Å². The SMILES string of the molecule is COC(=O)NC(C(=O)N1[C@@H](C)CC[C@H]1c1ncc(-c2ccc3c(c2)COc2cc4c(ccc5[nH]c([C@@H]6CC[C@H](C)N6C(=O)CC6CC(C)O[C@H](C)C6)nc54)cc2-3)[nH]1)C(C)C. The predicted octanol–water partition coefficient (Wildman–Crippen LogP) is 8.74. The van der Waals surface area contributed by atoms with Crippen molar-refractivity contribution in [2.75, 3.05) is 7.11 Å². The minimum absolute atomic E-state index is 0.00216. The van der Waals surface area contributed by atoms with Crippen LogP contribution in [0.2, 0.25) is 0 Å². The van der Waals surface area contributed by atoms with Gasteiger partial charge in [-0.15, -0.1) is 0 Å². The molecule has 13 heteroatoms. The average Bonchev–Trinajstić information content (AvgIpc) is 4.04. The molecule has 3 saturated heterocycles. The van der Waals surface area contributed by atoms with E-state index in [0.29, 0.717) is 18.9 Å². The van der Waals surface area contributed by atoms with Crippen LogP contribution in [-0.2, 0) is 25.7 Å². The van der Waals surface area contributed by atoms with Crippen LogP contribution in [0.3, 0.4) is 0 Å². The number of rotatable bonds is 8. The van der Waals surface area contributed by atoms with E-state index in [4.69, 9.17) is 24.2 Å². The number of aromatic amines is 2. The zero-order valence-corrected chi connectivity index (χ0v) is 35.7. The highest BCUT2D eigenvalue weighted by molar-refractivity contribution is 6.07. The number of nitrogens with zero attached hydrogens (tertiary/aromatic N) is 4. The maximum Gasteiger partial charge on any atom is 0.407 e. The van der Waals surface area contributed by atoms with Gasteiger partial charge in [0.15, 0.2) is 0 Å². The van der Waals surface area contributed by atoms with E-state index in [-0.39, 0.29) is 54.1 Å². The molecule has 8 atom stereocenters. The number of nitrogens with one attached hydrogen (secondary N) is 3. The minimum Gasteiger partial charge on any atom is -0.488 e. The second-order valence-electron chi connectivity index (χ2n) is 18.1. The molecule has 60 heavy (non-hydrogen) atoms. The van der Waals surface area contributed by atoms with Crippen LogP contribution in [-0.4, -0.2) is 85.1 Å². The van der Waals surface area contributed by atoms with E-state index in [0.717, 1.165) is 106 Å². The summed E-state index contributed by atoms with van der Waals surface area (Å²) in [5, 5.41) is 4.82. The smallest absolute Gasteiger partial charge is 0.407 e. The zero-order chi connectivity index (χ0) is 42.0. The summed E-state index contributed by atoms with van der Waals surface area (Å²) >= 11 is 0. The van der Waals surface area contributed by atoms with Crippen LogP contribution in [0.4, 0.5) is 4.79 Å². The van der Waals surface area contributed by atoms with Crippen LogP contribution >= 0.6 is 0 Å². The molecule has 0 saturated carbocycles. The number of aromatic nitrogens is 4. The van der Waals surface area contributed by atoms with Crippen molar-refractivity contribution < 1.29 is 28.6 Å². The van der Waals surface area contributed by atoms with Crippen molar-refractivity contribution in [2.45, 2.75) is 136 Å². The maximum atomic E-state index is 13.9. The first kappa shape index (κ1) is 40.0. The number of carbonyl (C=O) groups excluding carboxylic acids is 3. The Balaban J connectivity index is 0.950. The number of alkyl carbamates (subject to hydrolysis) is 1. The van der Waals surface area contributed by atoms with Gasteiger partial charge in [0.2, 0.25) is 11.8 Å². The highest BCUT2D eigenvalue weighted by atomic mass is 16.5. The van der Waals surface area contributed by atoms with Gasteiger partial charge in [0.25, 0.3) is 0 Å². The number of fused-ring (bicyclic) bond motifs is 6. The third kappa shape index (κ3) is 7.28. The Morgan fingerprint density at radius 3 is 2.35 bits per heavy atom. The number of hydrogen-bond donors (Lipinski definition) is 3. The lowest BCUT2D eigenvalue weighted by atomic mass is 9.89. The fourth-order valence-electron chi connectivity index (χ4n) is 10.5. The summed E-state index contributed by atoms with van der Waals surface area (Å²) in [6.07, 6.45) is 7.41.